The second kappa shape index (κ2) is 3.46. The van der Waals surface area contributed by atoms with Crippen LogP contribution in [0.3, 0.4) is 0 Å². The Morgan fingerprint density at radius 1 is 1.14 bits per heavy atom. The lowest BCUT2D eigenvalue weighted by atomic mass is 10.2. The molecule has 72 valence electrons. The summed E-state index contributed by atoms with van der Waals surface area (Å²) < 4.78 is 1.81. The van der Waals surface area contributed by atoms with E-state index in [0.29, 0.717) is 12.4 Å². The highest BCUT2D eigenvalue weighted by molar-refractivity contribution is 5.47. The Morgan fingerprint density at radius 3 is 2.43 bits per heavy atom. The molecule has 0 spiro atoms. The van der Waals surface area contributed by atoms with Gasteiger partial charge in [-0.25, -0.2) is 0 Å². The molecule has 0 saturated carbocycles. The number of benzene rings is 1. The van der Waals surface area contributed by atoms with E-state index in [9.17, 15) is 5.11 Å². The summed E-state index contributed by atoms with van der Waals surface area (Å²) in [5, 5.41) is 9.27. The van der Waals surface area contributed by atoms with Gasteiger partial charge in [0.05, 0.1) is 0 Å². The van der Waals surface area contributed by atoms with E-state index in [4.69, 9.17) is 5.73 Å². The number of aromatic hydroxyl groups is 1. The molecular formula is C11H12N2O. The Labute approximate surface area is 82.4 Å². The zero-order valence-corrected chi connectivity index (χ0v) is 7.72. The van der Waals surface area contributed by atoms with Gasteiger partial charge in [-0.3, -0.25) is 0 Å². The maximum Gasteiger partial charge on any atom is 0.157 e. The molecule has 0 atom stereocenters. The Kier molecular flexibility index (Phi) is 2.14. The van der Waals surface area contributed by atoms with Crippen LogP contribution in [0.2, 0.25) is 0 Å². The molecule has 1 aromatic heterocycles. The molecule has 3 nitrogen and oxygen atoms in total. The smallest absolute Gasteiger partial charge is 0.157 e. The maximum atomic E-state index is 9.27. The minimum Gasteiger partial charge on any atom is -0.504 e. The molecule has 0 fully saturated rings. The average molecular weight is 188 g/mol. The zero-order chi connectivity index (χ0) is 9.97. The van der Waals surface area contributed by atoms with Gasteiger partial charge in [-0.1, -0.05) is 30.3 Å². The van der Waals surface area contributed by atoms with Crippen LogP contribution in [0.4, 0.5) is 5.82 Å². The van der Waals surface area contributed by atoms with Gasteiger partial charge in [0.25, 0.3) is 0 Å². The van der Waals surface area contributed by atoms with Crippen LogP contribution in [0.25, 0.3) is 0 Å². The maximum absolute atomic E-state index is 9.27. The summed E-state index contributed by atoms with van der Waals surface area (Å²) in [5.41, 5.74) is 6.83. The minimum atomic E-state index is 0.140. The lowest BCUT2D eigenvalue weighted by molar-refractivity contribution is 0.477. The molecule has 2 aromatic rings. The van der Waals surface area contributed by atoms with Crippen molar-refractivity contribution in [2.45, 2.75) is 6.54 Å². The van der Waals surface area contributed by atoms with E-state index in [1.54, 1.807) is 12.3 Å². The van der Waals surface area contributed by atoms with Crippen LogP contribution >= 0.6 is 0 Å². The lowest BCUT2D eigenvalue weighted by Crippen LogP contribution is -2.02. The van der Waals surface area contributed by atoms with E-state index in [1.165, 1.54) is 0 Å². The standard InChI is InChI=1S/C11H12N2O/c12-11-10(14)6-7-13(11)8-9-4-2-1-3-5-9/h1-7,14H,8,12H2. The van der Waals surface area contributed by atoms with Gasteiger partial charge in [0.2, 0.25) is 0 Å². The fourth-order valence-electron chi connectivity index (χ4n) is 1.39. The second-order valence-electron chi connectivity index (χ2n) is 3.20. The van der Waals surface area contributed by atoms with Crippen LogP contribution in [-0.2, 0) is 6.54 Å². The highest BCUT2D eigenvalue weighted by Crippen LogP contribution is 2.21. The molecule has 3 N–H and O–H groups in total. The fraction of sp³-hybridized carbons (Fsp3) is 0.0909. The van der Waals surface area contributed by atoms with Gasteiger partial charge in [-0.15, -0.1) is 0 Å². The van der Waals surface area contributed by atoms with Crippen LogP contribution in [0.15, 0.2) is 42.6 Å². The Hall–Kier alpha value is -1.90. The number of hydrogen-bond donors (Lipinski definition) is 2. The molecule has 0 saturated heterocycles. The predicted octanol–water partition coefficient (Wildman–Crippen LogP) is 1.82. The molecule has 0 aliphatic carbocycles. The number of hydrogen-bond acceptors (Lipinski definition) is 2. The molecular weight excluding hydrogens is 176 g/mol. The van der Waals surface area contributed by atoms with Crippen molar-refractivity contribution in [3.05, 3.63) is 48.2 Å². The zero-order valence-electron chi connectivity index (χ0n) is 7.72. The first-order valence-corrected chi connectivity index (χ1v) is 4.45. The summed E-state index contributed by atoms with van der Waals surface area (Å²) >= 11 is 0. The predicted molar refractivity (Wildman–Crippen MR) is 56.1 cm³/mol. The van der Waals surface area contributed by atoms with E-state index in [-0.39, 0.29) is 5.75 Å². The molecule has 0 aliphatic heterocycles. The monoisotopic (exact) mass is 188 g/mol. The summed E-state index contributed by atoms with van der Waals surface area (Å²) in [5.74, 6) is 0.551. The van der Waals surface area contributed by atoms with Crippen molar-refractivity contribution in [2.24, 2.45) is 0 Å². The SMILES string of the molecule is Nc1c(O)ccn1Cc1ccccc1. The van der Waals surface area contributed by atoms with Crippen LogP contribution in [0.1, 0.15) is 5.56 Å². The van der Waals surface area contributed by atoms with Crippen molar-refractivity contribution in [3.8, 4) is 5.75 Å². The van der Waals surface area contributed by atoms with Crippen LogP contribution in [0.5, 0.6) is 5.75 Å². The van der Waals surface area contributed by atoms with Gasteiger partial charge in [-0.05, 0) is 11.6 Å². The van der Waals surface area contributed by atoms with E-state index < -0.39 is 0 Å². The Bertz CT molecular complexity index is 420. The molecule has 2 rings (SSSR count). The van der Waals surface area contributed by atoms with Crippen LogP contribution in [0, 0.1) is 0 Å². The van der Waals surface area contributed by atoms with Gasteiger partial charge in [-0.2, -0.15) is 0 Å². The van der Waals surface area contributed by atoms with Crippen molar-refractivity contribution in [3.63, 3.8) is 0 Å². The molecule has 0 unspecified atom stereocenters. The second-order valence-corrected chi connectivity index (χ2v) is 3.20. The summed E-state index contributed by atoms with van der Waals surface area (Å²) in [4.78, 5) is 0. The van der Waals surface area contributed by atoms with Crippen molar-refractivity contribution in [2.75, 3.05) is 5.73 Å². The van der Waals surface area contributed by atoms with E-state index in [1.807, 2.05) is 34.9 Å². The van der Waals surface area contributed by atoms with Gasteiger partial charge in [0.15, 0.2) is 5.75 Å². The quantitative estimate of drug-likeness (QED) is 0.755. The number of nitrogens with zero attached hydrogens (tertiary/aromatic N) is 1. The molecule has 0 radical (unpaired) electrons. The number of rotatable bonds is 2. The minimum absolute atomic E-state index is 0.140. The number of nitrogens with two attached hydrogens (primary N) is 1. The molecule has 1 aromatic carbocycles. The third kappa shape index (κ3) is 1.57. The topological polar surface area (TPSA) is 51.2 Å². The van der Waals surface area contributed by atoms with Gasteiger partial charge in [0, 0.05) is 12.7 Å². The number of aromatic nitrogens is 1. The van der Waals surface area contributed by atoms with Crippen molar-refractivity contribution in [1.82, 2.24) is 4.57 Å². The number of nitrogen functional groups attached to an aromatic ring is 1. The average Bonchev–Trinajstić information content (AvgIpc) is 2.52. The van der Waals surface area contributed by atoms with Crippen LogP contribution < -0.4 is 5.73 Å². The summed E-state index contributed by atoms with van der Waals surface area (Å²) in [6, 6.07) is 11.6. The highest BCUT2D eigenvalue weighted by atomic mass is 16.3. The third-order valence-electron chi connectivity index (χ3n) is 2.18. The molecule has 1 heterocycles. The first-order chi connectivity index (χ1) is 6.77. The van der Waals surface area contributed by atoms with E-state index in [0.717, 1.165) is 5.56 Å². The van der Waals surface area contributed by atoms with Gasteiger partial charge >= 0.3 is 0 Å². The van der Waals surface area contributed by atoms with Crippen molar-refractivity contribution >= 4 is 5.82 Å². The van der Waals surface area contributed by atoms with E-state index in [2.05, 4.69) is 0 Å². The molecule has 0 amide bonds. The molecule has 0 aliphatic rings. The summed E-state index contributed by atoms with van der Waals surface area (Å²) in [6.45, 7) is 0.688. The normalized spacial score (nSPS) is 10.3. The molecule has 0 bridgehead atoms. The number of anilines is 1. The highest BCUT2D eigenvalue weighted by Gasteiger charge is 2.03. The van der Waals surface area contributed by atoms with Gasteiger partial charge < -0.3 is 15.4 Å². The van der Waals surface area contributed by atoms with Crippen molar-refractivity contribution < 1.29 is 5.11 Å². The molecule has 14 heavy (non-hydrogen) atoms. The van der Waals surface area contributed by atoms with Crippen LogP contribution in [-0.4, -0.2) is 9.67 Å². The first kappa shape index (κ1) is 8.69. The first-order valence-electron chi connectivity index (χ1n) is 4.45. The van der Waals surface area contributed by atoms with Gasteiger partial charge in [0.1, 0.15) is 5.82 Å². The fourth-order valence-corrected chi connectivity index (χ4v) is 1.39. The summed E-state index contributed by atoms with van der Waals surface area (Å²) in [7, 11) is 0. The van der Waals surface area contributed by atoms with Crippen molar-refractivity contribution in [1.29, 1.82) is 0 Å². The van der Waals surface area contributed by atoms with E-state index >= 15 is 0 Å². The third-order valence-corrected chi connectivity index (χ3v) is 2.18. The lowest BCUT2D eigenvalue weighted by Gasteiger charge is -2.05. The largest absolute Gasteiger partial charge is 0.504 e. The summed E-state index contributed by atoms with van der Waals surface area (Å²) in [6.07, 6.45) is 1.78. The Balaban J connectivity index is 2.23. The molecule has 3 heteroatoms. The Morgan fingerprint density at radius 2 is 1.86 bits per heavy atom.